The molecule has 0 saturated carbocycles. The Kier molecular flexibility index (Phi) is 4.30. The molecule has 0 aromatic heterocycles. The van der Waals surface area contributed by atoms with Crippen LogP contribution in [0.3, 0.4) is 0 Å². The highest BCUT2D eigenvalue weighted by Crippen LogP contribution is 2.17. The van der Waals surface area contributed by atoms with Gasteiger partial charge in [-0.1, -0.05) is 6.08 Å². The average molecular weight is 212 g/mol. The number of rotatable bonds is 5. The predicted molar refractivity (Wildman–Crippen MR) is 55.0 cm³/mol. The smallest absolute Gasteiger partial charge is 0.225 e. The quantitative estimate of drug-likeness (QED) is 0.582. The first-order chi connectivity index (χ1) is 7.19. The Hall–Kier alpha value is -1.36. The largest absolute Gasteiger partial charge is 0.395 e. The van der Waals surface area contributed by atoms with Gasteiger partial charge in [0.15, 0.2) is 0 Å². The van der Waals surface area contributed by atoms with Crippen molar-refractivity contribution in [3.63, 3.8) is 0 Å². The number of carbonyl (C=O) groups excluding carboxylic acids is 2. The van der Waals surface area contributed by atoms with E-state index in [9.17, 15) is 9.59 Å². The Labute approximate surface area is 88.8 Å². The van der Waals surface area contributed by atoms with Crippen molar-refractivity contribution in [2.75, 3.05) is 26.2 Å². The zero-order valence-corrected chi connectivity index (χ0v) is 8.61. The summed E-state index contributed by atoms with van der Waals surface area (Å²) in [5.41, 5.74) is 0. The van der Waals surface area contributed by atoms with Crippen LogP contribution in [0.1, 0.15) is 6.42 Å². The highest BCUT2D eigenvalue weighted by molar-refractivity contribution is 5.89. The summed E-state index contributed by atoms with van der Waals surface area (Å²) < 4.78 is 0. The molecule has 0 spiro atoms. The van der Waals surface area contributed by atoms with Crippen molar-refractivity contribution in [3.8, 4) is 0 Å². The van der Waals surface area contributed by atoms with E-state index in [1.165, 1.54) is 0 Å². The highest BCUT2D eigenvalue weighted by Gasteiger charge is 2.33. The lowest BCUT2D eigenvalue weighted by atomic mass is 10.1. The molecule has 0 aromatic carbocycles. The average Bonchev–Trinajstić information content (AvgIpc) is 2.58. The van der Waals surface area contributed by atoms with Crippen LogP contribution in [0.25, 0.3) is 0 Å². The highest BCUT2D eigenvalue weighted by atomic mass is 16.3. The number of aliphatic hydroxyl groups excluding tert-OH is 1. The number of aliphatic hydroxyl groups is 1. The molecule has 84 valence electrons. The standard InChI is InChI=1S/C10H16N2O3/c1-2-4-12-7-8(6-9(12)14)10(15)11-3-5-13/h2,8,13H,1,3-7H2,(H,11,15). The summed E-state index contributed by atoms with van der Waals surface area (Å²) in [6, 6.07) is 0. The van der Waals surface area contributed by atoms with Gasteiger partial charge in [-0.15, -0.1) is 6.58 Å². The van der Waals surface area contributed by atoms with E-state index in [0.29, 0.717) is 13.1 Å². The number of nitrogens with zero attached hydrogens (tertiary/aromatic N) is 1. The van der Waals surface area contributed by atoms with Crippen LogP contribution in [-0.4, -0.2) is 48.1 Å². The van der Waals surface area contributed by atoms with Gasteiger partial charge in [-0.25, -0.2) is 0 Å². The molecule has 5 heteroatoms. The van der Waals surface area contributed by atoms with E-state index < -0.39 is 0 Å². The molecule has 0 radical (unpaired) electrons. The minimum atomic E-state index is -0.288. The minimum Gasteiger partial charge on any atom is -0.395 e. The van der Waals surface area contributed by atoms with Crippen molar-refractivity contribution < 1.29 is 14.7 Å². The Morgan fingerprint density at radius 2 is 2.47 bits per heavy atom. The van der Waals surface area contributed by atoms with Crippen molar-refractivity contribution in [3.05, 3.63) is 12.7 Å². The summed E-state index contributed by atoms with van der Waals surface area (Å²) in [7, 11) is 0. The summed E-state index contributed by atoms with van der Waals surface area (Å²) in [4.78, 5) is 24.5. The molecule has 2 amide bonds. The Morgan fingerprint density at radius 3 is 3.07 bits per heavy atom. The molecule has 0 aromatic rings. The van der Waals surface area contributed by atoms with Crippen molar-refractivity contribution in [2.24, 2.45) is 5.92 Å². The van der Waals surface area contributed by atoms with Crippen LogP contribution in [0.4, 0.5) is 0 Å². The van der Waals surface area contributed by atoms with Crippen molar-refractivity contribution in [1.29, 1.82) is 0 Å². The molecular formula is C10H16N2O3. The van der Waals surface area contributed by atoms with E-state index in [-0.39, 0.29) is 37.3 Å². The van der Waals surface area contributed by atoms with Crippen LogP contribution in [0.15, 0.2) is 12.7 Å². The lowest BCUT2D eigenvalue weighted by Crippen LogP contribution is -2.34. The summed E-state index contributed by atoms with van der Waals surface area (Å²) in [6.07, 6.45) is 1.90. The molecule has 0 aliphatic carbocycles. The first kappa shape index (κ1) is 11.7. The van der Waals surface area contributed by atoms with E-state index in [1.54, 1.807) is 11.0 Å². The monoisotopic (exact) mass is 212 g/mol. The number of hydrogen-bond donors (Lipinski definition) is 2. The fraction of sp³-hybridized carbons (Fsp3) is 0.600. The number of amides is 2. The summed E-state index contributed by atoms with van der Waals surface area (Å²) in [5, 5.41) is 11.1. The third-order valence-electron chi connectivity index (χ3n) is 2.35. The first-order valence-corrected chi connectivity index (χ1v) is 4.96. The van der Waals surface area contributed by atoms with Gasteiger partial charge in [0.1, 0.15) is 0 Å². The molecule has 1 unspecified atom stereocenters. The molecule has 1 rings (SSSR count). The normalized spacial score (nSPS) is 20.5. The lowest BCUT2D eigenvalue weighted by Gasteiger charge is -2.13. The number of likely N-dealkylation sites (tertiary alicyclic amines) is 1. The molecule has 1 atom stereocenters. The third kappa shape index (κ3) is 3.06. The fourth-order valence-corrected chi connectivity index (χ4v) is 1.60. The minimum absolute atomic E-state index is 0.0148. The van der Waals surface area contributed by atoms with Crippen LogP contribution in [0.5, 0.6) is 0 Å². The van der Waals surface area contributed by atoms with Gasteiger partial charge in [-0.05, 0) is 0 Å². The van der Waals surface area contributed by atoms with Crippen LogP contribution >= 0.6 is 0 Å². The van der Waals surface area contributed by atoms with E-state index in [0.717, 1.165) is 0 Å². The van der Waals surface area contributed by atoms with Crippen molar-refractivity contribution in [1.82, 2.24) is 10.2 Å². The zero-order valence-electron chi connectivity index (χ0n) is 8.61. The third-order valence-corrected chi connectivity index (χ3v) is 2.35. The van der Waals surface area contributed by atoms with Gasteiger partial charge in [0, 0.05) is 26.1 Å². The molecule has 15 heavy (non-hydrogen) atoms. The van der Waals surface area contributed by atoms with Gasteiger partial charge < -0.3 is 15.3 Å². The molecule has 1 heterocycles. The fourth-order valence-electron chi connectivity index (χ4n) is 1.60. The maximum atomic E-state index is 11.5. The van der Waals surface area contributed by atoms with E-state index in [1.807, 2.05) is 0 Å². The van der Waals surface area contributed by atoms with E-state index >= 15 is 0 Å². The Balaban J connectivity index is 2.43. The molecule has 1 fully saturated rings. The second-order valence-corrected chi connectivity index (χ2v) is 3.50. The van der Waals surface area contributed by atoms with Crippen molar-refractivity contribution >= 4 is 11.8 Å². The molecule has 1 aliphatic rings. The Morgan fingerprint density at radius 1 is 1.73 bits per heavy atom. The molecule has 5 nitrogen and oxygen atoms in total. The molecule has 1 aliphatic heterocycles. The van der Waals surface area contributed by atoms with Gasteiger partial charge in [0.05, 0.1) is 12.5 Å². The summed E-state index contributed by atoms with van der Waals surface area (Å²) >= 11 is 0. The predicted octanol–water partition coefficient (Wildman–Crippen LogP) is -0.871. The van der Waals surface area contributed by atoms with Crippen LogP contribution in [0, 0.1) is 5.92 Å². The van der Waals surface area contributed by atoms with Gasteiger partial charge >= 0.3 is 0 Å². The maximum absolute atomic E-state index is 11.5. The van der Waals surface area contributed by atoms with Crippen molar-refractivity contribution in [2.45, 2.75) is 6.42 Å². The molecule has 1 saturated heterocycles. The van der Waals surface area contributed by atoms with Gasteiger partial charge in [-0.3, -0.25) is 9.59 Å². The lowest BCUT2D eigenvalue weighted by molar-refractivity contribution is -0.128. The topological polar surface area (TPSA) is 69.6 Å². The summed E-state index contributed by atoms with van der Waals surface area (Å²) in [5.74, 6) is -0.466. The molecular weight excluding hydrogens is 196 g/mol. The SMILES string of the molecule is C=CCN1CC(C(=O)NCCO)CC1=O. The molecule has 2 N–H and O–H groups in total. The van der Waals surface area contributed by atoms with Gasteiger partial charge in [0.25, 0.3) is 0 Å². The van der Waals surface area contributed by atoms with Gasteiger partial charge in [0.2, 0.25) is 11.8 Å². The second kappa shape index (κ2) is 5.50. The Bertz CT molecular complexity index is 265. The zero-order chi connectivity index (χ0) is 11.3. The van der Waals surface area contributed by atoms with Crippen LogP contribution in [-0.2, 0) is 9.59 Å². The summed E-state index contributed by atoms with van der Waals surface area (Å²) in [6.45, 7) is 4.65. The van der Waals surface area contributed by atoms with E-state index in [4.69, 9.17) is 5.11 Å². The number of hydrogen-bond acceptors (Lipinski definition) is 3. The number of carbonyl (C=O) groups is 2. The second-order valence-electron chi connectivity index (χ2n) is 3.50. The molecule has 0 bridgehead atoms. The van der Waals surface area contributed by atoms with Crippen LogP contribution < -0.4 is 5.32 Å². The van der Waals surface area contributed by atoms with Crippen LogP contribution in [0.2, 0.25) is 0 Å². The maximum Gasteiger partial charge on any atom is 0.225 e. The number of nitrogens with one attached hydrogen (secondary N) is 1. The first-order valence-electron chi connectivity index (χ1n) is 4.96. The van der Waals surface area contributed by atoms with E-state index in [2.05, 4.69) is 11.9 Å². The van der Waals surface area contributed by atoms with Gasteiger partial charge in [-0.2, -0.15) is 0 Å².